The number of ketones is 1. The lowest BCUT2D eigenvalue weighted by Crippen LogP contribution is -2.35. The van der Waals surface area contributed by atoms with Gasteiger partial charge in [0.05, 0.1) is 5.41 Å². The summed E-state index contributed by atoms with van der Waals surface area (Å²) < 4.78 is 0. The van der Waals surface area contributed by atoms with Crippen LogP contribution < -0.4 is 4.90 Å². The largest absolute Gasteiger partial charge is 0.374 e. The van der Waals surface area contributed by atoms with Crippen LogP contribution in [0.25, 0.3) is 0 Å². The SMILES string of the molecule is CN1C[C@@H]2C[C@]2(C(=O)c2ccccc2)c2ccccc21. The molecule has 1 fully saturated rings. The topological polar surface area (TPSA) is 20.3 Å². The van der Waals surface area contributed by atoms with Crippen molar-refractivity contribution in [3.05, 3.63) is 65.7 Å². The summed E-state index contributed by atoms with van der Waals surface area (Å²) in [5, 5.41) is 0. The van der Waals surface area contributed by atoms with E-state index in [4.69, 9.17) is 0 Å². The second-order valence-corrected chi connectivity index (χ2v) is 5.97. The molecular weight excluding hydrogens is 246 g/mol. The van der Waals surface area contributed by atoms with E-state index in [-0.39, 0.29) is 5.41 Å². The van der Waals surface area contributed by atoms with Gasteiger partial charge in [0.2, 0.25) is 0 Å². The fourth-order valence-electron chi connectivity index (χ4n) is 3.74. The Morgan fingerprint density at radius 1 is 1.10 bits per heavy atom. The summed E-state index contributed by atoms with van der Waals surface area (Å²) in [6.45, 7) is 0.982. The van der Waals surface area contributed by atoms with Gasteiger partial charge in [-0.15, -0.1) is 0 Å². The first kappa shape index (κ1) is 11.7. The molecule has 0 bridgehead atoms. The molecule has 2 aromatic rings. The third-order valence-corrected chi connectivity index (χ3v) is 4.84. The zero-order valence-corrected chi connectivity index (χ0v) is 11.5. The van der Waals surface area contributed by atoms with Gasteiger partial charge in [-0.2, -0.15) is 0 Å². The molecule has 1 heterocycles. The Bertz CT molecular complexity index is 679. The van der Waals surface area contributed by atoms with Gasteiger partial charge >= 0.3 is 0 Å². The van der Waals surface area contributed by atoms with E-state index >= 15 is 0 Å². The number of anilines is 1. The van der Waals surface area contributed by atoms with E-state index in [1.54, 1.807) is 0 Å². The Morgan fingerprint density at radius 3 is 2.60 bits per heavy atom. The standard InChI is InChI=1S/C18H17NO/c1-19-12-14-11-18(14,15-9-5-6-10-16(15)19)17(20)13-7-3-2-4-8-13/h2-10,14H,11-12H2,1H3/t14-,18+/m0/s1. The molecule has 0 unspecified atom stereocenters. The van der Waals surface area contributed by atoms with E-state index in [2.05, 4.69) is 30.1 Å². The summed E-state index contributed by atoms with van der Waals surface area (Å²) in [5.74, 6) is 0.763. The molecule has 1 aliphatic heterocycles. The Kier molecular flexibility index (Phi) is 2.31. The van der Waals surface area contributed by atoms with Crippen LogP contribution in [0, 0.1) is 5.92 Å². The Hall–Kier alpha value is -2.09. The van der Waals surface area contributed by atoms with E-state index in [0.29, 0.717) is 11.7 Å². The average molecular weight is 263 g/mol. The molecule has 2 aromatic carbocycles. The summed E-state index contributed by atoms with van der Waals surface area (Å²) in [6.07, 6.45) is 0.988. The fraction of sp³-hybridized carbons (Fsp3) is 0.278. The van der Waals surface area contributed by atoms with Gasteiger partial charge in [-0.1, -0.05) is 48.5 Å². The first-order chi connectivity index (χ1) is 9.73. The second kappa shape index (κ2) is 3.95. The first-order valence-corrected chi connectivity index (χ1v) is 7.14. The number of hydrogen-bond acceptors (Lipinski definition) is 2. The van der Waals surface area contributed by atoms with Gasteiger partial charge < -0.3 is 4.90 Å². The number of hydrogen-bond donors (Lipinski definition) is 0. The molecule has 0 amide bonds. The molecule has 2 atom stereocenters. The summed E-state index contributed by atoms with van der Waals surface area (Å²) >= 11 is 0. The van der Waals surface area contributed by atoms with Gasteiger partial charge in [-0.3, -0.25) is 4.79 Å². The highest BCUT2D eigenvalue weighted by molar-refractivity contribution is 6.08. The summed E-state index contributed by atoms with van der Waals surface area (Å²) in [4.78, 5) is 15.3. The van der Waals surface area contributed by atoms with E-state index in [1.165, 1.54) is 11.3 Å². The van der Waals surface area contributed by atoms with Crippen LogP contribution in [0.4, 0.5) is 5.69 Å². The van der Waals surface area contributed by atoms with Crippen molar-refractivity contribution >= 4 is 11.5 Å². The van der Waals surface area contributed by atoms with Gasteiger partial charge in [-0.05, 0) is 24.0 Å². The third-order valence-electron chi connectivity index (χ3n) is 4.84. The van der Waals surface area contributed by atoms with E-state index in [9.17, 15) is 4.79 Å². The molecule has 0 aromatic heterocycles. The van der Waals surface area contributed by atoms with Crippen LogP contribution in [0.2, 0.25) is 0 Å². The third kappa shape index (κ3) is 1.42. The lowest BCUT2D eigenvalue weighted by Gasteiger charge is -2.32. The smallest absolute Gasteiger partial charge is 0.173 e. The Balaban J connectivity index is 1.84. The van der Waals surface area contributed by atoms with Crippen molar-refractivity contribution in [1.29, 1.82) is 0 Å². The molecule has 2 nitrogen and oxygen atoms in total. The van der Waals surface area contributed by atoms with Crippen molar-refractivity contribution < 1.29 is 4.79 Å². The van der Waals surface area contributed by atoms with E-state index in [0.717, 1.165) is 18.5 Å². The van der Waals surface area contributed by atoms with Crippen LogP contribution in [0.15, 0.2) is 54.6 Å². The lowest BCUT2D eigenvalue weighted by atomic mass is 9.82. The number of carbonyl (C=O) groups excluding carboxylic acids is 1. The molecule has 0 N–H and O–H groups in total. The van der Waals surface area contributed by atoms with E-state index < -0.39 is 0 Å². The molecular formula is C18H17NO. The highest BCUT2D eigenvalue weighted by atomic mass is 16.1. The summed E-state index contributed by atoms with van der Waals surface area (Å²) in [7, 11) is 2.12. The zero-order chi connectivity index (χ0) is 13.7. The molecule has 1 aliphatic carbocycles. The average Bonchev–Trinajstić information content (AvgIpc) is 3.23. The summed E-state index contributed by atoms with van der Waals surface area (Å²) in [5.41, 5.74) is 3.01. The summed E-state index contributed by atoms with van der Waals surface area (Å²) in [6, 6.07) is 18.1. The van der Waals surface area contributed by atoms with Gasteiger partial charge in [-0.25, -0.2) is 0 Å². The maximum Gasteiger partial charge on any atom is 0.173 e. The van der Waals surface area contributed by atoms with Crippen molar-refractivity contribution in [1.82, 2.24) is 0 Å². The fourth-order valence-corrected chi connectivity index (χ4v) is 3.74. The number of carbonyl (C=O) groups is 1. The van der Waals surface area contributed by atoms with Crippen LogP contribution in [0.3, 0.4) is 0 Å². The van der Waals surface area contributed by atoms with Crippen molar-refractivity contribution in [2.75, 3.05) is 18.5 Å². The molecule has 1 saturated carbocycles. The molecule has 20 heavy (non-hydrogen) atoms. The predicted molar refractivity (Wildman–Crippen MR) is 80.3 cm³/mol. The first-order valence-electron chi connectivity index (χ1n) is 7.14. The quantitative estimate of drug-likeness (QED) is 0.775. The van der Waals surface area contributed by atoms with Crippen molar-refractivity contribution in [3.8, 4) is 0 Å². The van der Waals surface area contributed by atoms with Crippen LogP contribution in [-0.2, 0) is 5.41 Å². The normalized spacial score (nSPS) is 26.6. The lowest BCUT2D eigenvalue weighted by molar-refractivity contribution is 0.0936. The predicted octanol–water partition coefficient (Wildman–Crippen LogP) is 3.28. The van der Waals surface area contributed by atoms with Crippen LogP contribution in [-0.4, -0.2) is 19.4 Å². The second-order valence-electron chi connectivity index (χ2n) is 5.97. The monoisotopic (exact) mass is 263 g/mol. The van der Waals surface area contributed by atoms with Gasteiger partial charge in [0.1, 0.15) is 0 Å². The number of fused-ring (bicyclic) bond motifs is 3. The molecule has 0 saturated heterocycles. The Morgan fingerprint density at radius 2 is 1.80 bits per heavy atom. The molecule has 100 valence electrons. The minimum atomic E-state index is -0.259. The Labute approximate surface area is 119 Å². The molecule has 4 rings (SSSR count). The molecule has 2 aliphatic rings. The molecule has 2 heteroatoms. The number of para-hydroxylation sites is 1. The highest BCUT2D eigenvalue weighted by Crippen LogP contribution is 2.61. The zero-order valence-electron chi connectivity index (χ0n) is 11.5. The van der Waals surface area contributed by atoms with Crippen molar-refractivity contribution in [3.63, 3.8) is 0 Å². The molecule has 0 spiro atoms. The maximum absolute atomic E-state index is 13.0. The number of nitrogens with zero attached hydrogens (tertiary/aromatic N) is 1. The minimum Gasteiger partial charge on any atom is -0.374 e. The van der Waals surface area contributed by atoms with Crippen LogP contribution >= 0.6 is 0 Å². The number of benzene rings is 2. The number of rotatable bonds is 2. The number of Topliss-reactive ketones (excluding diaryl/α,β-unsaturated/α-hetero) is 1. The molecule has 0 radical (unpaired) electrons. The van der Waals surface area contributed by atoms with Crippen LogP contribution in [0.1, 0.15) is 22.3 Å². The van der Waals surface area contributed by atoms with Crippen LogP contribution in [0.5, 0.6) is 0 Å². The van der Waals surface area contributed by atoms with Gasteiger partial charge in [0, 0.05) is 24.8 Å². The van der Waals surface area contributed by atoms with Gasteiger partial charge in [0.15, 0.2) is 5.78 Å². The van der Waals surface area contributed by atoms with Crippen molar-refractivity contribution in [2.45, 2.75) is 11.8 Å². The van der Waals surface area contributed by atoms with E-state index in [1.807, 2.05) is 36.4 Å². The van der Waals surface area contributed by atoms with Crippen molar-refractivity contribution in [2.24, 2.45) is 5.92 Å². The maximum atomic E-state index is 13.0. The minimum absolute atomic E-state index is 0.259. The van der Waals surface area contributed by atoms with Gasteiger partial charge in [0.25, 0.3) is 0 Å². The highest BCUT2D eigenvalue weighted by Gasteiger charge is 2.63.